The van der Waals surface area contributed by atoms with Crippen molar-refractivity contribution in [3.8, 4) is 0 Å². The molecule has 0 rings (SSSR count). The lowest BCUT2D eigenvalue weighted by Gasteiger charge is -2.25. The molecule has 0 aliphatic rings. The van der Waals surface area contributed by atoms with E-state index in [9.17, 15) is 9.59 Å². The second kappa shape index (κ2) is 6.44. The summed E-state index contributed by atoms with van der Waals surface area (Å²) in [5.74, 6) is -1.03. The maximum Gasteiger partial charge on any atom is 0.227 e. The number of amides is 2. The number of hydrogen-bond donors (Lipinski definition) is 3. The number of nitrogens with two attached hydrogens (primary N) is 1. The molecule has 0 unspecified atom stereocenters. The molecule has 1 radical (unpaired) electrons. The van der Waals surface area contributed by atoms with Crippen molar-refractivity contribution in [1.82, 2.24) is 4.90 Å². The molecule has 0 bridgehead atoms. The first-order valence-corrected chi connectivity index (χ1v) is 5.01. The van der Waals surface area contributed by atoms with Crippen molar-refractivity contribution in [1.29, 1.82) is 0 Å². The van der Waals surface area contributed by atoms with Crippen molar-refractivity contribution in [2.45, 2.75) is 13.8 Å². The van der Waals surface area contributed by atoms with Crippen LogP contribution in [0.3, 0.4) is 0 Å². The van der Waals surface area contributed by atoms with Gasteiger partial charge in [-0.15, -0.1) is 0 Å². The summed E-state index contributed by atoms with van der Waals surface area (Å²) in [5.41, 5.74) is 4.09. The van der Waals surface area contributed by atoms with E-state index in [0.29, 0.717) is 0 Å². The zero-order valence-corrected chi connectivity index (χ0v) is 9.64. The Labute approximate surface area is 95.0 Å². The van der Waals surface area contributed by atoms with Gasteiger partial charge in [0.25, 0.3) is 0 Å². The molecule has 0 aromatic rings. The van der Waals surface area contributed by atoms with E-state index in [1.54, 1.807) is 0 Å². The molecule has 0 heterocycles. The van der Waals surface area contributed by atoms with E-state index in [4.69, 9.17) is 15.9 Å². The zero-order chi connectivity index (χ0) is 12.8. The van der Waals surface area contributed by atoms with Crippen molar-refractivity contribution in [3.63, 3.8) is 0 Å². The molecule has 0 aliphatic carbocycles. The third kappa shape index (κ3) is 4.59. The first kappa shape index (κ1) is 14.9. The number of primary amides is 1. The van der Waals surface area contributed by atoms with Gasteiger partial charge in [-0.2, -0.15) is 0 Å². The largest absolute Gasteiger partial charge is 0.395 e. The van der Waals surface area contributed by atoms with Crippen LogP contribution in [0.25, 0.3) is 0 Å². The molecule has 0 saturated carbocycles. The van der Waals surface area contributed by atoms with E-state index in [0.717, 1.165) is 0 Å². The van der Waals surface area contributed by atoms with Crippen molar-refractivity contribution >= 4 is 11.8 Å². The Hall–Kier alpha value is -1.14. The van der Waals surface area contributed by atoms with E-state index in [-0.39, 0.29) is 26.3 Å². The van der Waals surface area contributed by atoms with Crippen LogP contribution in [0.15, 0.2) is 0 Å². The Bertz CT molecular complexity index is 247. The predicted octanol–water partition coefficient (Wildman–Crippen LogP) is -1.48. The lowest BCUT2D eigenvalue weighted by Crippen LogP contribution is -2.42. The van der Waals surface area contributed by atoms with Crippen LogP contribution < -0.4 is 5.73 Å². The molecule has 6 heteroatoms. The van der Waals surface area contributed by atoms with E-state index < -0.39 is 17.2 Å². The monoisotopic (exact) mass is 231 g/mol. The summed E-state index contributed by atoms with van der Waals surface area (Å²) in [6.07, 6.45) is 1.20. The highest BCUT2D eigenvalue weighted by molar-refractivity contribution is 5.94. The SMILES string of the molecule is CC(C)([CH]C(=O)N(CCO)CCO)C(N)=O. The number of hydrogen-bond acceptors (Lipinski definition) is 4. The van der Waals surface area contributed by atoms with Gasteiger partial charge in [-0.25, -0.2) is 0 Å². The first-order valence-electron chi connectivity index (χ1n) is 5.01. The minimum Gasteiger partial charge on any atom is -0.395 e. The van der Waals surface area contributed by atoms with E-state index in [1.807, 2.05) is 0 Å². The minimum absolute atomic E-state index is 0.116. The van der Waals surface area contributed by atoms with Crippen molar-refractivity contribution in [3.05, 3.63) is 6.42 Å². The van der Waals surface area contributed by atoms with Gasteiger partial charge < -0.3 is 20.8 Å². The fourth-order valence-electron chi connectivity index (χ4n) is 1.04. The van der Waals surface area contributed by atoms with Crippen LogP contribution in [0, 0.1) is 11.8 Å². The Kier molecular flexibility index (Phi) is 5.98. The summed E-state index contributed by atoms with van der Waals surface area (Å²) in [7, 11) is 0. The molecular weight excluding hydrogens is 212 g/mol. The van der Waals surface area contributed by atoms with E-state index >= 15 is 0 Å². The molecule has 4 N–H and O–H groups in total. The van der Waals surface area contributed by atoms with Crippen molar-refractivity contribution in [2.75, 3.05) is 26.3 Å². The second-order valence-electron chi connectivity index (χ2n) is 4.00. The predicted molar refractivity (Wildman–Crippen MR) is 58.0 cm³/mol. The maximum absolute atomic E-state index is 11.7. The molecule has 0 fully saturated rings. The van der Waals surface area contributed by atoms with Crippen LogP contribution in [0.1, 0.15) is 13.8 Å². The Morgan fingerprint density at radius 1 is 1.25 bits per heavy atom. The third-order valence-electron chi connectivity index (χ3n) is 2.17. The van der Waals surface area contributed by atoms with Gasteiger partial charge in [0.1, 0.15) is 0 Å². The van der Waals surface area contributed by atoms with Gasteiger partial charge in [0.2, 0.25) is 11.8 Å². The number of aliphatic hydroxyl groups is 2. The van der Waals surface area contributed by atoms with Crippen molar-refractivity contribution in [2.24, 2.45) is 11.1 Å². The lowest BCUT2D eigenvalue weighted by atomic mass is 9.88. The highest BCUT2D eigenvalue weighted by Gasteiger charge is 2.30. The summed E-state index contributed by atoms with van der Waals surface area (Å²) in [5, 5.41) is 17.5. The molecule has 0 atom stereocenters. The fourth-order valence-corrected chi connectivity index (χ4v) is 1.04. The summed E-state index contributed by atoms with van der Waals surface area (Å²) in [4.78, 5) is 24.0. The van der Waals surface area contributed by atoms with Gasteiger partial charge in [0.15, 0.2) is 0 Å². The van der Waals surface area contributed by atoms with Crippen LogP contribution in [0.4, 0.5) is 0 Å². The van der Waals surface area contributed by atoms with Gasteiger partial charge in [0, 0.05) is 13.1 Å². The Morgan fingerprint density at radius 2 is 1.69 bits per heavy atom. The molecule has 16 heavy (non-hydrogen) atoms. The molecule has 6 nitrogen and oxygen atoms in total. The summed E-state index contributed by atoms with van der Waals surface area (Å²) in [6, 6.07) is 0. The Balaban J connectivity index is 4.45. The third-order valence-corrected chi connectivity index (χ3v) is 2.17. The van der Waals surface area contributed by atoms with Crippen LogP contribution in [-0.4, -0.2) is 53.2 Å². The van der Waals surface area contributed by atoms with Crippen LogP contribution in [0.5, 0.6) is 0 Å². The van der Waals surface area contributed by atoms with Crippen LogP contribution in [-0.2, 0) is 9.59 Å². The maximum atomic E-state index is 11.7. The summed E-state index contributed by atoms with van der Waals surface area (Å²) >= 11 is 0. The van der Waals surface area contributed by atoms with Crippen LogP contribution >= 0.6 is 0 Å². The average Bonchev–Trinajstić information content (AvgIpc) is 2.16. The fraction of sp³-hybridized carbons (Fsp3) is 0.700. The zero-order valence-electron chi connectivity index (χ0n) is 9.64. The molecule has 0 aliphatic heterocycles. The molecular formula is C10H19N2O4. The normalized spacial score (nSPS) is 11.2. The number of nitrogens with zero attached hydrogens (tertiary/aromatic N) is 1. The number of carbonyl (C=O) groups excluding carboxylic acids is 2. The van der Waals surface area contributed by atoms with Gasteiger partial charge in [-0.3, -0.25) is 9.59 Å². The second-order valence-corrected chi connectivity index (χ2v) is 4.00. The summed E-state index contributed by atoms with van der Waals surface area (Å²) < 4.78 is 0. The standard InChI is InChI=1S/C10H19N2O4/c1-10(2,9(11)16)7-8(15)12(3-5-13)4-6-14/h7,13-14H,3-6H2,1-2H3,(H2,11,16). The van der Waals surface area contributed by atoms with Gasteiger partial charge in [-0.05, 0) is 0 Å². The lowest BCUT2D eigenvalue weighted by molar-refractivity contribution is -0.133. The van der Waals surface area contributed by atoms with Gasteiger partial charge >= 0.3 is 0 Å². The Morgan fingerprint density at radius 3 is 2.00 bits per heavy atom. The average molecular weight is 231 g/mol. The topological polar surface area (TPSA) is 104 Å². The highest BCUT2D eigenvalue weighted by Crippen LogP contribution is 2.19. The molecule has 93 valence electrons. The van der Waals surface area contributed by atoms with Crippen molar-refractivity contribution < 1.29 is 19.8 Å². The van der Waals surface area contributed by atoms with Crippen LogP contribution in [0.2, 0.25) is 0 Å². The number of aliphatic hydroxyl groups excluding tert-OH is 2. The highest BCUT2D eigenvalue weighted by atomic mass is 16.3. The van der Waals surface area contributed by atoms with Gasteiger partial charge in [-0.1, -0.05) is 13.8 Å². The first-order chi connectivity index (χ1) is 7.35. The van der Waals surface area contributed by atoms with E-state index in [2.05, 4.69) is 0 Å². The molecule has 0 spiro atoms. The molecule has 0 aromatic heterocycles. The minimum atomic E-state index is -1.04. The summed E-state index contributed by atoms with van der Waals surface area (Å²) in [6.45, 7) is 2.90. The molecule has 0 saturated heterocycles. The van der Waals surface area contributed by atoms with Gasteiger partial charge in [0.05, 0.1) is 25.0 Å². The quantitative estimate of drug-likeness (QED) is 0.497. The smallest absolute Gasteiger partial charge is 0.227 e. The van der Waals surface area contributed by atoms with E-state index in [1.165, 1.54) is 25.2 Å². The molecule has 2 amide bonds. The number of carbonyl (C=O) groups is 2. The number of rotatable bonds is 7. The molecule has 0 aromatic carbocycles.